The summed E-state index contributed by atoms with van der Waals surface area (Å²) in [6.45, 7) is 0. The van der Waals surface area contributed by atoms with Crippen LogP contribution in [0.4, 0.5) is 11.4 Å². The average molecular weight is 591 g/mol. The molecule has 4 atom stereocenters. The number of fused-ring (bicyclic) bond motifs is 6. The van der Waals surface area contributed by atoms with Crippen molar-refractivity contribution in [3.63, 3.8) is 0 Å². The van der Waals surface area contributed by atoms with E-state index in [9.17, 15) is 9.59 Å². The van der Waals surface area contributed by atoms with Crippen LogP contribution in [0.15, 0.2) is 97.1 Å². The second kappa shape index (κ2) is 10.1. The molecule has 3 aliphatic heterocycles. The number of benzene rings is 4. The highest BCUT2D eigenvalue weighted by Gasteiger charge is 2.70. The molecule has 1 fully saturated rings. The molecule has 3 aliphatic rings. The SMILES string of the molecule is COc1ccc(OC)c(C(=O)[C@@H]2[C@H](C(=O)c3ccccc3Cl)N3c4ccccc4C=C[C@H]3[C@@]23C(=O)Nc2ccccc23)c1. The number of ether oxygens (including phenoxy) is 2. The molecule has 0 saturated carbocycles. The Morgan fingerprint density at radius 2 is 1.60 bits per heavy atom. The second-order valence-electron chi connectivity index (χ2n) is 10.8. The Labute approximate surface area is 253 Å². The van der Waals surface area contributed by atoms with Crippen molar-refractivity contribution in [1.82, 2.24) is 0 Å². The lowest BCUT2D eigenvalue weighted by Gasteiger charge is -2.37. The summed E-state index contributed by atoms with van der Waals surface area (Å²) < 4.78 is 11.1. The van der Waals surface area contributed by atoms with E-state index in [0.29, 0.717) is 22.7 Å². The number of hydrogen-bond acceptors (Lipinski definition) is 6. The summed E-state index contributed by atoms with van der Waals surface area (Å²) in [5.41, 5.74) is 1.95. The summed E-state index contributed by atoms with van der Waals surface area (Å²) in [5, 5.41) is 3.31. The number of rotatable bonds is 6. The summed E-state index contributed by atoms with van der Waals surface area (Å²) >= 11 is 6.61. The lowest BCUT2D eigenvalue weighted by molar-refractivity contribution is -0.121. The number of nitrogens with one attached hydrogen (secondary N) is 1. The van der Waals surface area contributed by atoms with E-state index in [1.807, 2.05) is 65.6 Å². The molecule has 1 N–H and O–H groups in total. The van der Waals surface area contributed by atoms with Gasteiger partial charge in [-0.1, -0.05) is 72.3 Å². The Balaban J connectivity index is 1.56. The highest BCUT2D eigenvalue weighted by atomic mass is 35.5. The molecule has 1 spiro atoms. The highest BCUT2D eigenvalue weighted by molar-refractivity contribution is 6.34. The Hall–Kier alpha value is -4.88. The zero-order valence-electron chi connectivity index (χ0n) is 23.4. The number of para-hydroxylation sites is 2. The molecule has 1 saturated heterocycles. The van der Waals surface area contributed by atoms with E-state index in [-0.39, 0.29) is 27.8 Å². The fraction of sp³-hybridized carbons (Fsp3) is 0.171. The molecule has 8 heteroatoms. The molecule has 43 heavy (non-hydrogen) atoms. The smallest absolute Gasteiger partial charge is 0.238 e. The van der Waals surface area contributed by atoms with Gasteiger partial charge in [0.25, 0.3) is 0 Å². The van der Waals surface area contributed by atoms with Crippen molar-refractivity contribution in [1.29, 1.82) is 0 Å². The van der Waals surface area contributed by atoms with Crippen LogP contribution < -0.4 is 19.7 Å². The molecule has 0 bridgehead atoms. The molecule has 1 amide bonds. The molecular formula is C35H27ClN2O5. The van der Waals surface area contributed by atoms with Gasteiger partial charge in [-0.25, -0.2) is 0 Å². The molecule has 214 valence electrons. The van der Waals surface area contributed by atoms with E-state index >= 15 is 4.79 Å². The number of carbonyl (C=O) groups excluding carboxylic acids is 3. The van der Waals surface area contributed by atoms with Crippen molar-refractivity contribution in [2.24, 2.45) is 5.92 Å². The topological polar surface area (TPSA) is 84.9 Å². The highest BCUT2D eigenvalue weighted by Crippen LogP contribution is 2.58. The molecule has 0 unspecified atom stereocenters. The summed E-state index contributed by atoms with van der Waals surface area (Å²) in [6.07, 6.45) is 3.90. The number of halogens is 1. The van der Waals surface area contributed by atoms with Crippen LogP contribution in [0.3, 0.4) is 0 Å². The number of ketones is 2. The quantitative estimate of drug-likeness (QED) is 0.269. The van der Waals surface area contributed by atoms with E-state index in [0.717, 1.165) is 11.3 Å². The summed E-state index contributed by atoms with van der Waals surface area (Å²) in [7, 11) is 2.99. The number of hydrogen-bond donors (Lipinski definition) is 1. The molecule has 4 aromatic rings. The second-order valence-corrected chi connectivity index (χ2v) is 11.2. The van der Waals surface area contributed by atoms with Crippen LogP contribution in [-0.2, 0) is 10.2 Å². The number of methoxy groups -OCH3 is 2. The molecule has 0 radical (unpaired) electrons. The third-order valence-corrected chi connectivity index (χ3v) is 9.23. The number of anilines is 2. The Bertz CT molecular complexity index is 1850. The minimum Gasteiger partial charge on any atom is -0.497 e. The number of amides is 1. The Kier molecular flexibility index (Phi) is 6.36. The van der Waals surface area contributed by atoms with E-state index in [4.69, 9.17) is 21.1 Å². The van der Waals surface area contributed by atoms with Gasteiger partial charge in [0, 0.05) is 16.9 Å². The standard InChI is InChI=1S/C35H27ClN2O5/c1-42-21-16-17-28(43-2)23(19-21)32(39)30-31(33(40)22-10-4-6-12-25(22)36)38-27-14-8-3-9-20(27)15-18-29(38)35(30)24-11-5-7-13-26(24)37-34(35)41/h3-19,29-31H,1-2H3,(H,37,41)/t29-,30-,31+,35+/m0/s1. The van der Waals surface area contributed by atoms with Crippen LogP contribution in [0.1, 0.15) is 31.8 Å². The Morgan fingerprint density at radius 1 is 0.860 bits per heavy atom. The van der Waals surface area contributed by atoms with Crippen molar-refractivity contribution < 1.29 is 23.9 Å². The molecule has 0 aliphatic carbocycles. The lowest BCUT2D eigenvalue weighted by Crippen LogP contribution is -2.51. The lowest BCUT2D eigenvalue weighted by atomic mass is 9.64. The predicted molar refractivity (Wildman–Crippen MR) is 165 cm³/mol. The first kappa shape index (κ1) is 27.0. The zero-order valence-corrected chi connectivity index (χ0v) is 24.2. The van der Waals surface area contributed by atoms with Gasteiger partial charge < -0.3 is 19.7 Å². The van der Waals surface area contributed by atoms with Crippen molar-refractivity contribution in [3.8, 4) is 11.5 Å². The van der Waals surface area contributed by atoms with E-state index in [1.54, 1.807) is 42.5 Å². The molecule has 3 heterocycles. The first-order valence-electron chi connectivity index (χ1n) is 13.9. The zero-order chi connectivity index (χ0) is 29.9. The number of Topliss-reactive ketones (excluding diaryl/α,β-unsaturated/α-hetero) is 2. The number of carbonyl (C=O) groups is 3. The van der Waals surface area contributed by atoms with E-state index < -0.39 is 29.2 Å². The summed E-state index contributed by atoms with van der Waals surface area (Å²) in [6, 6.07) is 25.1. The van der Waals surface area contributed by atoms with Gasteiger partial charge in [-0.15, -0.1) is 0 Å². The molecule has 4 aromatic carbocycles. The summed E-state index contributed by atoms with van der Waals surface area (Å²) in [4.78, 5) is 46.4. The predicted octanol–water partition coefficient (Wildman–Crippen LogP) is 6.21. The fourth-order valence-corrected chi connectivity index (χ4v) is 7.34. The van der Waals surface area contributed by atoms with Gasteiger partial charge in [-0.3, -0.25) is 14.4 Å². The van der Waals surface area contributed by atoms with Gasteiger partial charge in [-0.2, -0.15) is 0 Å². The van der Waals surface area contributed by atoms with Crippen LogP contribution in [0, 0.1) is 5.92 Å². The van der Waals surface area contributed by atoms with Crippen LogP contribution in [0.5, 0.6) is 11.5 Å². The minimum absolute atomic E-state index is 0.220. The van der Waals surface area contributed by atoms with Crippen LogP contribution >= 0.6 is 11.6 Å². The number of nitrogens with zero attached hydrogens (tertiary/aromatic N) is 1. The normalized spacial score (nSPS) is 22.9. The third-order valence-electron chi connectivity index (χ3n) is 8.90. The van der Waals surface area contributed by atoms with Gasteiger partial charge in [0.05, 0.1) is 36.8 Å². The molecule has 0 aromatic heterocycles. The monoisotopic (exact) mass is 590 g/mol. The van der Waals surface area contributed by atoms with Crippen LogP contribution in [0.25, 0.3) is 6.08 Å². The van der Waals surface area contributed by atoms with Crippen LogP contribution in [-0.4, -0.2) is 43.8 Å². The maximum absolute atomic E-state index is 15.1. The summed E-state index contributed by atoms with van der Waals surface area (Å²) in [5.74, 6) is -1.51. The first-order chi connectivity index (χ1) is 20.9. The largest absolute Gasteiger partial charge is 0.497 e. The van der Waals surface area contributed by atoms with Crippen molar-refractivity contribution in [2.75, 3.05) is 24.4 Å². The van der Waals surface area contributed by atoms with Crippen LogP contribution in [0.2, 0.25) is 5.02 Å². The van der Waals surface area contributed by atoms with Gasteiger partial charge >= 0.3 is 0 Å². The van der Waals surface area contributed by atoms with E-state index in [2.05, 4.69) is 5.32 Å². The molecular weight excluding hydrogens is 564 g/mol. The third kappa shape index (κ3) is 3.78. The van der Waals surface area contributed by atoms with Crippen molar-refractivity contribution in [2.45, 2.75) is 17.5 Å². The maximum atomic E-state index is 15.1. The van der Waals surface area contributed by atoms with Gasteiger partial charge in [0.15, 0.2) is 11.6 Å². The molecule has 7 nitrogen and oxygen atoms in total. The molecule has 7 rings (SSSR count). The van der Waals surface area contributed by atoms with Crippen molar-refractivity contribution in [3.05, 3.63) is 124 Å². The maximum Gasteiger partial charge on any atom is 0.238 e. The Morgan fingerprint density at radius 3 is 2.40 bits per heavy atom. The average Bonchev–Trinajstić information content (AvgIpc) is 3.52. The van der Waals surface area contributed by atoms with E-state index in [1.165, 1.54) is 14.2 Å². The fourth-order valence-electron chi connectivity index (χ4n) is 7.11. The minimum atomic E-state index is -1.45. The van der Waals surface area contributed by atoms with Crippen molar-refractivity contribution >= 4 is 46.5 Å². The van der Waals surface area contributed by atoms with Gasteiger partial charge in [-0.05, 0) is 53.6 Å². The first-order valence-corrected chi connectivity index (χ1v) is 14.3. The van der Waals surface area contributed by atoms with Gasteiger partial charge in [0.1, 0.15) is 23.0 Å². The van der Waals surface area contributed by atoms with Gasteiger partial charge in [0.2, 0.25) is 5.91 Å².